The summed E-state index contributed by atoms with van der Waals surface area (Å²) < 4.78 is 0. The van der Waals surface area contributed by atoms with E-state index in [1.54, 1.807) is 0 Å². The van der Waals surface area contributed by atoms with Gasteiger partial charge in [0.2, 0.25) is 0 Å². The third kappa shape index (κ3) is 2.32. The predicted octanol–water partition coefficient (Wildman–Crippen LogP) is 2.07. The predicted molar refractivity (Wildman–Crippen MR) is 63.2 cm³/mol. The van der Waals surface area contributed by atoms with Crippen LogP contribution in [0.2, 0.25) is 0 Å². The van der Waals surface area contributed by atoms with Crippen LogP contribution in [0, 0.1) is 5.92 Å². The van der Waals surface area contributed by atoms with E-state index >= 15 is 0 Å². The summed E-state index contributed by atoms with van der Waals surface area (Å²) in [5.41, 5.74) is 2.70. The first-order valence-electron chi connectivity index (χ1n) is 5.78. The Morgan fingerprint density at radius 3 is 3.00 bits per heavy atom. The van der Waals surface area contributed by atoms with Crippen LogP contribution < -0.4 is 4.90 Å². The van der Waals surface area contributed by atoms with Gasteiger partial charge in [0.1, 0.15) is 0 Å². The van der Waals surface area contributed by atoms with Crippen LogP contribution in [-0.4, -0.2) is 24.8 Å². The quantitative estimate of drug-likeness (QED) is 0.816. The molecular weight excluding hydrogens is 186 g/mol. The summed E-state index contributed by atoms with van der Waals surface area (Å²) in [7, 11) is 0. The molecule has 0 saturated carbocycles. The van der Waals surface area contributed by atoms with E-state index in [1.807, 2.05) is 0 Å². The van der Waals surface area contributed by atoms with Crippen LogP contribution in [0.3, 0.4) is 0 Å². The fourth-order valence-corrected chi connectivity index (χ4v) is 2.19. The van der Waals surface area contributed by atoms with E-state index in [9.17, 15) is 0 Å². The molecule has 0 aliphatic carbocycles. The minimum absolute atomic E-state index is 0.323. The van der Waals surface area contributed by atoms with Crippen molar-refractivity contribution in [2.75, 3.05) is 24.6 Å². The van der Waals surface area contributed by atoms with Crippen LogP contribution in [0.5, 0.6) is 0 Å². The van der Waals surface area contributed by atoms with Gasteiger partial charge in [-0.15, -0.1) is 0 Å². The topological polar surface area (TPSA) is 23.5 Å². The van der Waals surface area contributed by atoms with Crippen LogP contribution in [0.25, 0.3) is 0 Å². The number of rotatable bonds is 3. The second kappa shape index (κ2) is 4.67. The van der Waals surface area contributed by atoms with Crippen molar-refractivity contribution in [3.05, 3.63) is 29.8 Å². The van der Waals surface area contributed by atoms with Crippen LogP contribution >= 0.6 is 0 Å². The molecule has 0 amide bonds. The number of aliphatic hydroxyl groups is 1. The molecule has 2 rings (SSSR count). The molecule has 0 bridgehead atoms. The van der Waals surface area contributed by atoms with Crippen molar-refractivity contribution in [3.63, 3.8) is 0 Å². The maximum absolute atomic E-state index is 9.10. The fourth-order valence-electron chi connectivity index (χ4n) is 2.19. The second-order valence-electron chi connectivity index (χ2n) is 4.31. The molecule has 1 fully saturated rings. The van der Waals surface area contributed by atoms with E-state index in [0.29, 0.717) is 12.5 Å². The van der Waals surface area contributed by atoms with E-state index in [4.69, 9.17) is 5.11 Å². The van der Waals surface area contributed by atoms with Gasteiger partial charge in [0.25, 0.3) is 0 Å². The number of hydrogen-bond donors (Lipinski definition) is 1. The molecule has 1 heterocycles. The average Bonchev–Trinajstić information content (AvgIpc) is 2.78. The van der Waals surface area contributed by atoms with Crippen molar-refractivity contribution in [2.45, 2.75) is 19.8 Å². The van der Waals surface area contributed by atoms with Crippen molar-refractivity contribution in [3.8, 4) is 0 Å². The number of hydrogen-bond acceptors (Lipinski definition) is 2. The zero-order valence-corrected chi connectivity index (χ0v) is 9.32. The molecular formula is C13H19NO. The van der Waals surface area contributed by atoms with Gasteiger partial charge < -0.3 is 10.0 Å². The minimum atomic E-state index is 0.323. The highest BCUT2D eigenvalue weighted by Crippen LogP contribution is 2.24. The molecule has 1 saturated heterocycles. The lowest BCUT2D eigenvalue weighted by Gasteiger charge is -2.19. The van der Waals surface area contributed by atoms with Crippen molar-refractivity contribution >= 4 is 5.69 Å². The Hall–Kier alpha value is -1.02. The van der Waals surface area contributed by atoms with E-state index < -0.39 is 0 Å². The first-order valence-corrected chi connectivity index (χ1v) is 5.78. The third-order valence-corrected chi connectivity index (χ3v) is 3.23. The van der Waals surface area contributed by atoms with Gasteiger partial charge in [-0.2, -0.15) is 0 Å². The first-order chi connectivity index (χ1) is 7.33. The van der Waals surface area contributed by atoms with Crippen molar-refractivity contribution < 1.29 is 5.11 Å². The van der Waals surface area contributed by atoms with Crippen LogP contribution in [0.1, 0.15) is 18.9 Å². The van der Waals surface area contributed by atoms with E-state index in [-0.39, 0.29) is 0 Å². The maximum atomic E-state index is 9.10. The third-order valence-electron chi connectivity index (χ3n) is 3.23. The van der Waals surface area contributed by atoms with Crippen molar-refractivity contribution in [1.29, 1.82) is 0 Å². The molecule has 1 unspecified atom stereocenters. The molecule has 1 aliphatic heterocycles. The average molecular weight is 205 g/mol. The SMILES string of the molecule is CCc1cccc(N2CCC(CO)C2)c1. The Morgan fingerprint density at radius 2 is 2.33 bits per heavy atom. The largest absolute Gasteiger partial charge is 0.396 e. The normalized spacial score (nSPS) is 20.9. The number of benzene rings is 1. The van der Waals surface area contributed by atoms with Crippen LogP contribution in [0.4, 0.5) is 5.69 Å². The number of aryl methyl sites for hydroxylation is 1. The van der Waals surface area contributed by atoms with Crippen LogP contribution in [0.15, 0.2) is 24.3 Å². The van der Waals surface area contributed by atoms with Crippen molar-refractivity contribution in [2.24, 2.45) is 5.92 Å². The van der Waals surface area contributed by atoms with E-state index in [1.165, 1.54) is 11.3 Å². The smallest absolute Gasteiger partial charge is 0.0476 e. The standard InChI is InChI=1S/C13H19NO/c1-2-11-4-3-5-13(8-11)14-7-6-12(9-14)10-15/h3-5,8,12,15H,2,6-7,9-10H2,1H3. The highest BCUT2D eigenvalue weighted by atomic mass is 16.3. The Balaban J connectivity index is 2.09. The number of anilines is 1. The van der Waals surface area contributed by atoms with Crippen molar-refractivity contribution in [1.82, 2.24) is 0 Å². The Kier molecular flexibility index (Phi) is 3.27. The molecule has 1 aromatic carbocycles. The van der Waals surface area contributed by atoms with Gasteiger partial charge in [0, 0.05) is 31.3 Å². The molecule has 2 nitrogen and oxygen atoms in total. The molecule has 2 heteroatoms. The minimum Gasteiger partial charge on any atom is -0.396 e. The highest BCUT2D eigenvalue weighted by Gasteiger charge is 2.21. The van der Waals surface area contributed by atoms with Gasteiger partial charge in [-0.05, 0) is 30.5 Å². The molecule has 0 radical (unpaired) electrons. The zero-order valence-electron chi connectivity index (χ0n) is 9.32. The molecule has 1 N–H and O–H groups in total. The summed E-state index contributed by atoms with van der Waals surface area (Å²) in [4.78, 5) is 2.38. The Labute approximate surface area is 91.5 Å². The highest BCUT2D eigenvalue weighted by molar-refractivity contribution is 5.49. The molecule has 1 atom stereocenters. The van der Waals surface area contributed by atoms with Gasteiger partial charge >= 0.3 is 0 Å². The van der Waals surface area contributed by atoms with Gasteiger partial charge in [-0.1, -0.05) is 19.1 Å². The molecule has 0 aromatic heterocycles. The number of nitrogens with zero attached hydrogens (tertiary/aromatic N) is 1. The van der Waals surface area contributed by atoms with Gasteiger partial charge in [0.05, 0.1) is 0 Å². The number of aliphatic hydroxyl groups excluding tert-OH is 1. The van der Waals surface area contributed by atoms with E-state index in [0.717, 1.165) is 25.9 Å². The summed E-state index contributed by atoms with van der Waals surface area (Å²) in [5.74, 6) is 0.468. The molecule has 82 valence electrons. The second-order valence-corrected chi connectivity index (χ2v) is 4.31. The first kappa shape index (κ1) is 10.5. The van der Waals surface area contributed by atoms with Crippen LogP contribution in [-0.2, 0) is 6.42 Å². The van der Waals surface area contributed by atoms with E-state index in [2.05, 4.69) is 36.1 Å². The summed E-state index contributed by atoms with van der Waals surface area (Å²) in [6, 6.07) is 8.72. The lowest BCUT2D eigenvalue weighted by molar-refractivity contribution is 0.238. The molecule has 1 aliphatic rings. The summed E-state index contributed by atoms with van der Waals surface area (Å²) in [6.07, 6.45) is 2.21. The Bertz CT molecular complexity index is 324. The summed E-state index contributed by atoms with van der Waals surface area (Å²) in [5, 5.41) is 9.10. The fraction of sp³-hybridized carbons (Fsp3) is 0.538. The molecule has 1 aromatic rings. The van der Waals surface area contributed by atoms with Gasteiger partial charge in [-0.3, -0.25) is 0 Å². The zero-order chi connectivity index (χ0) is 10.7. The molecule has 0 spiro atoms. The summed E-state index contributed by atoms with van der Waals surface area (Å²) in [6.45, 7) is 4.59. The Morgan fingerprint density at radius 1 is 1.47 bits per heavy atom. The monoisotopic (exact) mass is 205 g/mol. The molecule has 15 heavy (non-hydrogen) atoms. The lowest BCUT2D eigenvalue weighted by atomic mass is 10.1. The summed E-state index contributed by atoms with van der Waals surface area (Å²) >= 11 is 0. The van der Waals surface area contributed by atoms with Gasteiger partial charge in [0.15, 0.2) is 0 Å². The van der Waals surface area contributed by atoms with Gasteiger partial charge in [-0.25, -0.2) is 0 Å². The maximum Gasteiger partial charge on any atom is 0.0476 e. The lowest BCUT2D eigenvalue weighted by Crippen LogP contribution is -2.20.